The van der Waals surface area contributed by atoms with Crippen molar-refractivity contribution in [3.05, 3.63) is 42.4 Å². The van der Waals surface area contributed by atoms with Crippen LogP contribution in [-0.4, -0.2) is 9.55 Å². The van der Waals surface area contributed by atoms with Crippen molar-refractivity contribution in [2.45, 2.75) is 19.6 Å². The minimum atomic E-state index is -4.29. The number of nitrogens with zero attached hydrogens (tertiary/aromatic N) is 2. The first kappa shape index (κ1) is 11.7. The zero-order valence-corrected chi connectivity index (χ0v) is 9.20. The Morgan fingerprint density at radius 2 is 1.82 bits per heavy atom. The van der Waals surface area contributed by atoms with Gasteiger partial charge < -0.3 is 4.57 Å². The molecule has 2 aromatic rings. The smallest absolute Gasteiger partial charge is 0.337 e. The monoisotopic (exact) mass is 240 g/mol. The fraction of sp³-hybridized carbons (Fsp3) is 0.250. The van der Waals surface area contributed by atoms with Crippen LogP contribution in [0.3, 0.4) is 0 Å². The first-order valence-corrected chi connectivity index (χ1v) is 5.20. The number of aromatic nitrogens is 2. The van der Waals surface area contributed by atoms with E-state index in [2.05, 4.69) is 4.98 Å². The van der Waals surface area contributed by atoms with Crippen molar-refractivity contribution in [2.75, 3.05) is 0 Å². The molecule has 0 aliphatic rings. The molecule has 0 spiro atoms. The van der Waals surface area contributed by atoms with Crippen LogP contribution in [0.2, 0.25) is 0 Å². The molecule has 0 bridgehead atoms. The predicted octanol–water partition coefficient (Wildman–Crippen LogP) is 3.59. The van der Waals surface area contributed by atoms with Gasteiger partial charge in [-0.2, -0.15) is 13.2 Å². The molecule has 1 aromatic heterocycles. The number of hydrogen-bond donors (Lipinski definition) is 0. The summed E-state index contributed by atoms with van der Waals surface area (Å²) in [5.41, 5.74) is 0.724. The van der Waals surface area contributed by atoms with Crippen molar-refractivity contribution in [3.8, 4) is 11.3 Å². The summed E-state index contributed by atoms with van der Waals surface area (Å²) < 4.78 is 39.0. The van der Waals surface area contributed by atoms with Crippen LogP contribution in [0.25, 0.3) is 11.3 Å². The number of hydrogen-bond acceptors (Lipinski definition) is 1. The molecule has 1 heterocycles. The van der Waals surface area contributed by atoms with E-state index >= 15 is 0 Å². The van der Waals surface area contributed by atoms with Gasteiger partial charge in [0.15, 0.2) is 0 Å². The fourth-order valence-corrected chi connectivity index (χ4v) is 1.51. The van der Waals surface area contributed by atoms with Gasteiger partial charge in [-0.05, 0) is 19.1 Å². The van der Waals surface area contributed by atoms with E-state index in [0.29, 0.717) is 11.3 Å². The van der Waals surface area contributed by atoms with E-state index in [0.717, 1.165) is 18.7 Å². The first-order valence-electron chi connectivity index (χ1n) is 5.20. The minimum Gasteiger partial charge on any atom is -0.337 e. The molecule has 0 fully saturated rings. The third-order valence-corrected chi connectivity index (χ3v) is 2.51. The summed E-state index contributed by atoms with van der Waals surface area (Å²) >= 11 is 0. The molecular weight excluding hydrogens is 229 g/mol. The van der Waals surface area contributed by atoms with Crippen molar-refractivity contribution in [2.24, 2.45) is 0 Å². The fourth-order valence-electron chi connectivity index (χ4n) is 1.51. The molecule has 0 radical (unpaired) electrons. The van der Waals surface area contributed by atoms with Crippen molar-refractivity contribution >= 4 is 0 Å². The average molecular weight is 240 g/mol. The number of halogens is 3. The highest BCUT2D eigenvalue weighted by atomic mass is 19.4. The van der Waals surface area contributed by atoms with Crippen LogP contribution in [0.4, 0.5) is 13.2 Å². The lowest BCUT2D eigenvalue weighted by Gasteiger charge is -2.06. The molecule has 0 N–H and O–H groups in total. The summed E-state index contributed by atoms with van der Waals surface area (Å²) in [6.07, 6.45) is -0.823. The van der Waals surface area contributed by atoms with E-state index in [4.69, 9.17) is 0 Å². The highest BCUT2D eigenvalue weighted by Gasteiger charge is 2.29. The van der Waals surface area contributed by atoms with E-state index in [1.165, 1.54) is 12.1 Å². The quantitative estimate of drug-likeness (QED) is 0.784. The molecule has 2 nitrogen and oxygen atoms in total. The summed E-state index contributed by atoms with van der Waals surface area (Å²) in [4.78, 5) is 4.13. The second-order valence-electron chi connectivity index (χ2n) is 3.66. The summed E-state index contributed by atoms with van der Waals surface area (Å²) in [6, 6.07) is 5.01. The van der Waals surface area contributed by atoms with E-state index < -0.39 is 11.7 Å². The van der Waals surface area contributed by atoms with Gasteiger partial charge >= 0.3 is 6.18 Å². The maximum atomic E-state index is 12.4. The van der Waals surface area contributed by atoms with Crippen LogP contribution >= 0.6 is 0 Å². The number of aryl methyl sites for hydroxylation is 1. The molecule has 0 unspecified atom stereocenters. The highest BCUT2D eigenvalue weighted by Crippen LogP contribution is 2.30. The van der Waals surface area contributed by atoms with Gasteiger partial charge in [0.1, 0.15) is 0 Å². The van der Waals surface area contributed by atoms with Crippen LogP contribution in [0.15, 0.2) is 36.8 Å². The Balaban J connectivity index is 2.29. The number of rotatable bonds is 2. The van der Waals surface area contributed by atoms with Gasteiger partial charge in [0.25, 0.3) is 0 Å². The van der Waals surface area contributed by atoms with Gasteiger partial charge in [0.05, 0.1) is 17.6 Å². The lowest BCUT2D eigenvalue weighted by atomic mass is 10.1. The Morgan fingerprint density at radius 3 is 2.29 bits per heavy atom. The SMILES string of the molecule is CCn1cnc(-c2ccc(C(F)(F)F)cc2)c1. The Hall–Kier alpha value is -1.78. The van der Waals surface area contributed by atoms with E-state index in [-0.39, 0.29) is 0 Å². The molecule has 0 aliphatic carbocycles. The summed E-state index contributed by atoms with van der Waals surface area (Å²) in [7, 11) is 0. The van der Waals surface area contributed by atoms with Crippen molar-refractivity contribution < 1.29 is 13.2 Å². The van der Waals surface area contributed by atoms with Crippen molar-refractivity contribution in [1.29, 1.82) is 0 Å². The normalized spacial score (nSPS) is 11.8. The van der Waals surface area contributed by atoms with Gasteiger partial charge in [-0.1, -0.05) is 12.1 Å². The number of imidazole rings is 1. The zero-order chi connectivity index (χ0) is 12.5. The van der Waals surface area contributed by atoms with Gasteiger partial charge in [-0.3, -0.25) is 0 Å². The molecular formula is C12H11F3N2. The highest BCUT2D eigenvalue weighted by molar-refractivity contribution is 5.58. The predicted molar refractivity (Wildman–Crippen MR) is 58.3 cm³/mol. The van der Waals surface area contributed by atoms with Crippen LogP contribution < -0.4 is 0 Å². The lowest BCUT2D eigenvalue weighted by molar-refractivity contribution is -0.137. The maximum absolute atomic E-state index is 12.4. The van der Waals surface area contributed by atoms with E-state index in [9.17, 15) is 13.2 Å². The minimum absolute atomic E-state index is 0.642. The van der Waals surface area contributed by atoms with Crippen LogP contribution in [0, 0.1) is 0 Å². The zero-order valence-electron chi connectivity index (χ0n) is 9.20. The molecule has 90 valence electrons. The molecule has 0 saturated heterocycles. The molecule has 1 aromatic carbocycles. The van der Waals surface area contributed by atoms with Gasteiger partial charge in [-0.25, -0.2) is 4.98 Å². The lowest BCUT2D eigenvalue weighted by Crippen LogP contribution is -2.03. The maximum Gasteiger partial charge on any atom is 0.416 e. The Bertz CT molecular complexity index is 497. The molecule has 5 heteroatoms. The molecule has 2 rings (SSSR count). The van der Waals surface area contributed by atoms with Crippen molar-refractivity contribution in [1.82, 2.24) is 9.55 Å². The molecule has 0 amide bonds. The van der Waals surface area contributed by atoms with E-state index in [1.807, 2.05) is 17.7 Å². The van der Waals surface area contributed by atoms with E-state index in [1.54, 1.807) is 6.33 Å². The molecule has 0 saturated carbocycles. The second-order valence-corrected chi connectivity index (χ2v) is 3.66. The third-order valence-electron chi connectivity index (χ3n) is 2.51. The molecule has 0 atom stereocenters. The molecule has 17 heavy (non-hydrogen) atoms. The topological polar surface area (TPSA) is 17.8 Å². The summed E-state index contributed by atoms with van der Waals surface area (Å²) in [5, 5.41) is 0. The van der Waals surface area contributed by atoms with Crippen molar-refractivity contribution in [3.63, 3.8) is 0 Å². The van der Waals surface area contributed by atoms with Crippen LogP contribution in [0.5, 0.6) is 0 Å². The van der Waals surface area contributed by atoms with Gasteiger partial charge in [0.2, 0.25) is 0 Å². The van der Waals surface area contributed by atoms with Gasteiger partial charge in [-0.15, -0.1) is 0 Å². The summed E-state index contributed by atoms with van der Waals surface area (Å²) in [6.45, 7) is 2.76. The average Bonchev–Trinajstić information content (AvgIpc) is 2.76. The Labute approximate surface area is 96.7 Å². The second kappa shape index (κ2) is 4.24. The molecule has 0 aliphatic heterocycles. The Kier molecular flexibility index (Phi) is 2.92. The summed E-state index contributed by atoms with van der Waals surface area (Å²) in [5.74, 6) is 0. The van der Waals surface area contributed by atoms with Gasteiger partial charge in [0, 0.05) is 18.3 Å². The third kappa shape index (κ3) is 2.49. The largest absolute Gasteiger partial charge is 0.416 e. The number of alkyl halides is 3. The standard InChI is InChI=1S/C12H11F3N2/c1-2-17-7-11(16-8-17)9-3-5-10(6-4-9)12(13,14)15/h3-8H,2H2,1H3. The van der Waals surface area contributed by atoms with Crippen LogP contribution in [0.1, 0.15) is 12.5 Å². The Morgan fingerprint density at radius 1 is 1.18 bits per heavy atom. The van der Waals surface area contributed by atoms with Crippen LogP contribution in [-0.2, 0) is 12.7 Å². The number of benzene rings is 1. The first-order chi connectivity index (χ1) is 8.00.